The molecule has 2 aromatic carbocycles. The molecule has 1 amide bonds. The van der Waals surface area contributed by atoms with Crippen LogP contribution < -0.4 is 14.8 Å². The fourth-order valence-electron chi connectivity index (χ4n) is 2.44. The van der Waals surface area contributed by atoms with E-state index in [-0.39, 0.29) is 15.5 Å². The molecule has 0 spiro atoms. The second-order valence-corrected chi connectivity index (χ2v) is 8.79. The number of benzene rings is 2. The SMILES string of the molecule is COc1ccc(NC(=O)COC(=O)c2ccccc2NS(=O)(=O)c2cccs2)cc1. The van der Waals surface area contributed by atoms with E-state index >= 15 is 0 Å². The van der Waals surface area contributed by atoms with Crippen LogP contribution in [0.4, 0.5) is 11.4 Å². The first-order valence-corrected chi connectivity index (χ1v) is 11.0. The van der Waals surface area contributed by atoms with Gasteiger partial charge in [-0.25, -0.2) is 13.2 Å². The summed E-state index contributed by atoms with van der Waals surface area (Å²) in [5.41, 5.74) is 0.572. The van der Waals surface area contributed by atoms with Crippen molar-refractivity contribution < 1.29 is 27.5 Å². The summed E-state index contributed by atoms with van der Waals surface area (Å²) in [5, 5.41) is 4.22. The van der Waals surface area contributed by atoms with Gasteiger partial charge >= 0.3 is 5.97 Å². The minimum absolute atomic E-state index is 0.00474. The van der Waals surface area contributed by atoms with Gasteiger partial charge in [0, 0.05) is 5.69 Å². The Hall–Kier alpha value is -3.37. The fraction of sp³-hybridized carbons (Fsp3) is 0.100. The third kappa shape index (κ3) is 5.37. The van der Waals surface area contributed by atoms with E-state index < -0.39 is 28.5 Å². The Bertz CT molecular complexity index is 1130. The molecule has 156 valence electrons. The maximum Gasteiger partial charge on any atom is 0.340 e. The lowest BCUT2D eigenvalue weighted by molar-refractivity contribution is -0.119. The van der Waals surface area contributed by atoms with Gasteiger partial charge in [0.2, 0.25) is 0 Å². The summed E-state index contributed by atoms with van der Waals surface area (Å²) < 4.78 is 37.4. The molecule has 3 rings (SSSR count). The average Bonchev–Trinajstić information content (AvgIpc) is 3.29. The van der Waals surface area contributed by atoms with Crippen LogP contribution in [-0.4, -0.2) is 34.0 Å². The number of sulfonamides is 1. The second-order valence-electron chi connectivity index (χ2n) is 5.94. The van der Waals surface area contributed by atoms with Gasteiger partial charge in [0.1, 0.15) is 9.96 Å². The molecule has 1 heterocycles. The Kier molecular flexibility index (Phi) is 6.70. The molecular formula is C20H18N2O6S2. The largest absolute Gasteiger partial charge is 0.497 e. The summed E-state index contributed by atoms with van der Waals surface area (Å²) in [7, 11) is -2.30. The van der Waals surface area contributed by atoms with Gasteiger partial charge in [0.05, 0.1) is 18.4 Å². The van der Waals surface area contributed by atoms with Crippen LogP contribution >= 0.6 is 11.3 Å². The molecule has 2 N–H and O–H groups in total. The lowest BCUT2D eigenvalue weighted by atomic mass is 10.2. The van der Waals surface area contributed by atoms with E-state index in [9.17, 15) is 18.0 Å². The Morgan fingerprint density at radius 1 is 1.00 bits per heavy atom. The van der Waals surface area contributed by atoms with Crippen molar-refractivity contribution in [2.24, 2.45) is 0 Å². The van der Waals surface area contributed by atoms with Crippen LogP contribution in [0.5, 0.6) is 5.75 Å². The van der Waals surface area contributed by atoms with Crippen molar-refractivity contribution in [1.82, 2.24) is 0 Å². The summed E-state index contributed by atoms with van der Waals surface area (Å²) in [5.74, 6) is -0.726. The minimum Gasteiger partial charge on any atom is -0.497 e. The monoisotopic (exact) mass is 446 g/mol. The van der Waals surface area contributed by atoms with Gasteiger partial charge in [-0.2, -0.15) is 0 Å². The van der Waals surface area contributed by atoms with Crippen LogP contribution in [0.25, 0.3) is 0 Å². The number of anilines is 2. The number of para-hydroxylation sites is 1. The van der Waals surface area contributed by atoms with Gasteiger partial charge in [-0.3, -0.25) is 9.52 Å². The molecule has 3 aromatic rings. The molecule has 0 saturated carbocycles. The summed E-state index contributed by atoms with van der Waals surface area (Å²) in [6.45, 7) is -0.531. The summed E-state index contributed by atoms with van der Waals surface area (Å²) in [4.78, 5) is 24.5. The highest BCUT2D eigenvalue weighted by molar-refractivity contribution is 7.94. The molecule has 8 nitrogen and oxygen atoms in total. The quantitative estimate of drug-likeness (QED) is 0.514. The zero-order valence-electron chi connectivity index (χ0n) is 15.8. The zero-order valence-corrected chi connectivity index (χ0v) is 17.5. The van der Waals surface area contributed by atoms with Crippen LogP contribution in [0.15, 0.2) is 70.3 Å². The van der Waals surface area contributed by atoms with E-state index in [1.165, 1.54) is 25.3 Å². The Morgan fingerprint density at radius 2 is 1.73 bits per heavy atom. The number of amides is 1. The molecule has 0 aliphatic carbocycles. The predicted molar refractivity (Wildman–Crippen MR) is 113 cm³/mol. The highest BCUT2D eigenvalue weighted by Crippen LogP contribution is 2.23. The van der Waals surface area contributed by atoms with Crippen LogP contribution in [0.3, 0.4) is 0 Å². The normalized spacial score (nSPS) is 10.8. The number of rotatable bonds is 8. The number of hydrogen-bond donors (Lipinski definition) is 2. The van der Waals surface area contributed by atoms with Crippen molar-refractivity contribution in [1.29, 1.82) is 0 Å². The predicted octanol–water partition coefficient (Wildman–Crippen LogP) is 3.35. The summed E-state index contributed by atoms with van der Waals surface area (Å²) >= 11 is 1.05. The average molecular weight is 447 g/mol. The first-order valence-electron chi connectivity index (χ1n) is 8.65. The van der Waals surface area contributed by atoms with Crippen LogP contribution in [0.2, 0.25) is 0 Å². The number of methoxy groups -OCH3 is 1. The standard InChI is InChI=1S/C20H18N2O6S2/c1-27-15-10-8-14(9-11-15)21-18(23)13-28-20(24)16-5-2-3-6-17(16)22-30(25,26)19-7-4-12-29-19/h2-12,22H,13H2,1H3,(H,21,23). The van der Waals surface area contributed by atoms with Gasteiger partial charge < -0.3 is 14.8 Å². The molecule has 0 aliphatic heterocycles. The lowest BCUT2D eigenvalue weighted by Gasteiger charge is -2.12. The molecule has 10 heteroatoms. The molecule has 30 heavy (non-hydrogen) atoms. The number of carbonyl (C=O) groups excluding carboxylic acids is 2. The first kappa shape index (κ1) is 21.3. The van der Waals surface area contributed by atoms with E-state index in [0.717, 1.165) is 11.3 Å². The molecule has 0 unspecified atom stereocenters. The lowest BCUT2D eigenvalue weighted by Crippen LogP contribution is -2.22. The van der Waals surface area contributed by atoms with Crippen molar-refractivity contribution in [3.8, 4) is 5.75 Å². The van der Waals surface area contributed by atoms with Gasteiger partial charge in [0.25, 0.3) is 15.9 Å². The number of carbonyl (C=O) groups is 2. The molecule has 0 atom stereocenters. The fourth-order valence-corrected chi connectivity index (χ4v) is 4.51. The number of thiophene rings is 1. The number of nitrogens with one attached hydrogen (secondary N) is 2. The zero-order chi connectivity index (χ0) is 21.6. The van der Waals surface area contributed by atoms with Gasteiger partial charge in [-0.15, -0.1) is 11.3 Å². The molecule has 0 bridgehead atoms. The topological polar surface area (TPSA) is 111 Å². The molecule has 0 fully saturated rings. The van der Waals surface area contributed by atoms with E-state index in [0.29, 0.717) is 11.4 Å². The van der Waals surface area contributed by atoms with Crippen LogP contribution in [0, 0.1) is 0 Å². The first-order chi connectivity index (χ1) is 14.4. The maximum absolute atomic E-state index is 12.4. The van der Waals surface area contributed by atoms with Crippen molar-refractivity contribution in [2.75, 3.05) is 23.8 Å². The Morgan fingerprint density at radius 3 is 2.40 bits per heavy atom. The second kappa shape index (κ2) is 9.42. The minimum atomic E-state index is -3.83. The van der Waals surface area contributed by atoms with E-state index in [2.05, 4.69) is 10.0 Å². The van der Waals surface area contributed by atoms with Gasteiger partial charge in [-0.05, 0) is 47.8 Å². The number of hydrogen-bond acceptors (Lipinski definition) is 7. The van der Waals surface area contributed by atoms with Crippen molar-refractivity contribution in [3.63, 3.8) is 0 Å². The maximum atomic E-state index is 12.4. The Labute approximate surface area is 177 Å². The molecular weight excluding hydrogens is 428 g/mol. The highest BCUT2D eigenvalue weighted by atomic mass is 32.2. The molecule has 0 radical (unpaired) electrons. The summed E-state index contributed by atoms with van der Waals surface area (Å²) in [6.07, 6.45) is 0. The Balaban J connectivity index is 1.63. The number of esters is 1. The van der Waals surface area contributed by atoms with Crippen molar-refractivity contribution >= 4 is 44.6 Å². The van der Waals surface area contributed by atoms with Crippen molar-refractivity contribution in [3.05, 3.63) is 71.6 Å². The third-order valence-corrected chi connectivity index (χ3v) is 6.62. The van der Waals surface area contributed by atoms with E-state index in [1.54, 1.807) is 47.8 Å². The van der Waals surface area contributed by atoms with Crippen LogP contribution in [-0.2, 0) is 19.6 Å². The van der Waals surface area contributed by atoms with Crippen LogP contribution in [0.1, 0.15) is 10.4 Å². The van der Waals surface area contributed by atoms with Crippen molar-refractivity contribution in [2.45, 2.75) is 4.21 Å². The summed E-state index contributed by atoms with van der Waals surface area (Å²) in [6, 6.07) is 15.7. The van der Waals surface area contributed by atoms with E-state index in [4.69, 9.17) is 9.47 Å². The number of ether oxygens (including phenoxy) is 2. The molecule has 0 aliphatic rings. The van der Waals surface area contributed by atoms with E-state index in [1.807, 2.05) is 0 Å². The third-order valence-electron chi connectivity index (χ3n) is 3.86. The van der Waals surface area contributed by atoms with Gasteiger partial charge in [-0.1, -0.05) is 18.2 Å². The smallest absolute Gasteiger partial charge is 0.340 e. The van der Waals surface area contributed by atoms with Gasteiger partial charge in [0.15, 0.2) is 6.61 Å². The molecule has 1 aromatic heterocycles. The molecule has 0 saturated heterocycles. The highest BCUT2D eigenvalue weighted by Gasteiger charge is 2.20.